The van der Waals surface area contributed by atoms with E-state index in [1.807, 2.05) is 0 Å². The predicted molar refractivity (Wildman–Crippen MR) is 168 cm³/mol. The van der Waals surface area contributed by atoms with E-state index in [1.54, 1.807) is 0 Å². The molecule has 2 aromatic rings. The van der Waals surface area contributed by atoms with Crippen LogP contribution in [0, 0.1) is 11.8 Å². The zero-order chi connectivity index (χ0) is 29.0. The molecule has 0 radical (unpaired) electrons. The molecule has 2 heterocycles. The zero-order valence-corrected chi connectivity index (χ0v) is 26.9. The molecule has 0 bridgehead atoms. The van der Waals surface area contributed by atoms with E-state index in [4.69, 9.17) is 13.9 Å². The monoisotopic (exact) mass is 564 g/mol. The number of hydrogen-bond acceptors (Lipinski definition) is 4. The molecule has 1 spiro atoms. The molecule has 220 valence electrons. The van der Waals surface area contributed by atoms with Crippen molar-refractivity contribution in [2.24, 2.45) is 11.8 Å². The van der Waals surface area contributed by atoms with Crippen molar-refractivity contribution < 1.29 is 19.0 Å². The topological polar surface area (TPSA) is 47.9 Å². The van der Waals surface area contributed by atoms with E-state index < -0.39 is 14.1 Å². The Kier molecular flexibility index (Phi) is 10.2. The van der Waals surface area contributed by atoms with Crippen LogP contribution in [-0.4, -0.2) is 44.1 Å². The van der Waals surface area contributed by atoms with Crippen LogP contribution in [0.2, 0.25) is 5.04 Å². The van der Waals surface area contributed by atoms with Crippen molar-refractivity contribution in [3.63, 3.8) is 0 Å². The van der Waals surface area contributed by atoms with Gasteiger partial charge < -0.3 is 19.0 Å². The van der Waals surface area contributed by atoms with Gasteiger partial charge in [0.25, 0.3) is 8.32 Å². The Morgan fingerprint density at radius 1 is 1.05 bits per heavy atom. The van der Waals surface area contributed by atoms with Gasteiger partial charge in [-0.05, 0) is 60.4 Å². The number of aliphatic hydroxyl groups is 1. The number of hydrogen-bond donors (Lipinski definition) is 1. The van der Waals surface area contributed by atoms with Crippen LogP contribution in [0.1, 0.15) is 87.0 Å². The maximum absolute atomic E-state index is 10.7. The minimum absolute atomic E-state index is 0.0111. The van der Waals surface area contributed by atoms with Gasteiger partial charge in [0.2, 0.25) is 0 Å². The van der Waals surface area contributed by atoms with Crippen LogP contribution >= 0.6 is 0 Å². The maximum Gasteiger partial charge on any atom is 0.261 e. The minimum Gasteiger partial charge on any atom is -0.407 e. The van der Waals surface area contributed by atoms with Crippen LogP contribution in [0.4, 0.5) is 0 Å². The van der Waals surface area contributed by atoms with Crippen LogP contribution in [-0.2, 0) is 13.9 Å². The van der Waals surface area contributed by atoms with Crippen molar-refractivity contribution in [3.8, 4) is 0 Å². The van der Waals surface area contributed by atoms with Crippen molar-refractivity contribution in [1.29, 1.82) is 0 Å². The highest BCUT2D eigenvalue weighted by molar-refractivity contribution is 6.99. The molecule has 5 heteroatoms. The molecule has 6 atom stereocenters. The van der Waals surface area contributed by atoms with Crippen molar-refractivity contribution >= 4 is 18.7 Å². The van der Waals surface area contributed by atoms with E-state index >= 15 is 0 Å². The first kappa shape index (κ1) is 31.2. The molecule has 2 saturated heterocycles. The Morgan fingerprint density at radius 2 is 1.65 bits per heavy atom. The first-order valence-corrected chi connectivity index (χ1v) is 17.3. The van der Waals surface area contributed by atoms with Gasteiger partial charge in [0.05, 0.1) is 18.3 Å². The second-order valence-corrected chi connectivity index (χ2v) is 18.0. The van der Waals surface area contributed by atoms with Gasteiger partial charge in [-0.2, -0.15) is 0 Å². The van der Waals surface area contributed by atoms with Crippen LogP contribution < -0.4 is 10.4 Å². The lowest BCUT2D eigenvalue weighted by molar-refractivity contribution is -0.331. The molecule has 40 heavy (non-hydrogen) atoms. The third-order valence-electron chi connectivity index (χ3n) is 9.05. The molecule has 4 nitrogen and oxygen atoms in total. The first-order chi connectivity index (χ1) is 18.9. The summed E-state index contributed by atoms with van der Waals surface area (Å²) in [5.41, 5.74) is 1.35. The maximum atomic E-state index is 10.7. The smallest absolute Gasteiger partial charge is 0.261 e. The summed E-state index contributed by atoms with van der Waals surface area (Å²) in [6.45, 7) is 16.6. The van der Waals surface area contributed by atoms with Gasteiger partial charge in [0.15, 0.2) is 5.79 Å². The fourth-order valence-corrected chi connectivity index (χ4v) is 11.5. The summed E-state index contributed by atoms with van der Waals surface area (Å²) in [6.07, 6.45) is 7.08. The molecule has 0 saturated carbocycles. The standard InChI is InChI=1S/C35H52O4Si/c1-26(18-19-31-23-30(36)24-35(39-31)21-20-28(3)29(4)38-35)22-27(2)25-37-40(34(5,6)7,32-14-10-8-11-15-32)33-16-12-9-13-17-33/h8-18,27-31,36H,19-25H2,1-7H3/b26-18+/t27-,28+,29-,30+,31-,35+/m1/s1. The summed E-state index contributed by atoms with van der Waals surface area (Å²) in [4.78, 5) is 0. The highest BCUT2D eigenvalue weighted by Crippen LogP contribution is 2.42. The van der Waals surface area contributed by atoms with Crippen molar-refractivity contribution in [1.82, 2.24) is 0 Å². The lowest BCUT2D eigenvalue weighted by Crippen LogP contribution is -2.66. The Balaban J connectivity index is 1.42. The lowest BCUT2D eigenvalue weighted by atomic mass is 9.86. The van der Waals surface area contributed by atoms with E-state index in [2.05, 4.69) is 115 Å². The molecule has 2 aromatic carbocycles. The zero-order valence-electron chi connectivity index (χ0n) is 25.9. The minimum atomic E-state index is -2.53. The summed E-state index contributed by atoms with van der Waals surface area (Å²) in [6, 6.07) is 21.7. The molecule has 1 N–H and O–H groups in total. The van der Waals surface area contributed by atoms with Crippen molar-refractivity contribution in [2.45, 2.75) is 116 Å². The lowest BCUT2D eigenvalue weighted by Gasteiger charge is -2.48. The van der Waals surface area contributed by atoms with Gasteiger partial charge in [-0.15, -0.1) is 0 Å². The highest BCUT2D eigenvalue weighted by atomic mass is 28.4. The van der Waals surface area contributed by atoms with Gasteiger partial charge in [0.1, 0.15) is 0 Å². The summed E-state index contributed by atoms with van der Waals surface area (Å²) < 4.78 is 20.1. The highest BCUT2D eigenvalue weighted by Gasteiger charge is 2.50. The quantitative estimate of drug-likeness (QED) is 0.263. The first-order valence-electron chi connectivity index (χ1n) is 15.4. The third kappa shape index (κ3) is 7.17. The van der Waals surface area contributed by atoms with Crippen molar-refractivity contribution in [3.05, 3.63) is 72.3 Å². The molecule has 2 aliphatic heterocycles. The van der Waals surface area contributed by atoms with Gasteiger partial charge in [-0.3, -0.25) is 0 Å². The molecular formula is C35H52O4Si. The van der Waals surface area contributed by atoms with Gasteiger partial charge in [-0.1, -0.05) is 107 Å². The third-order valence-corrected chi connectivity index (χ3v) is 14.1. The Morgan fingerprint density at radius 3 is 2.20 bits per heavy atom. The van der Waals surface area contributed by atoms with E-state index in [9.17, 15) is 5.11 Å². The number of ether oxygens (including phenoxy) is 2. The Labute approximate surface area is 244 Å². The fraction of sp³-hybridized carbons (Fsp3) is 0.600. The molecular weight excluding hydrogens is 512 g/mol. The Hall–Kier alpha value is -1.76. The van der Waals surface area contributed by atoms with Crippen molar-refractivity contribution in [2.75, 3.05) is 6.61 Å². The van der Waals surface area contributed by atoms with Gasteiger partial charge in [0, 0.05) is 25.9 Å². The van der Waals surface area contributed by atoms with Gasteiger partial charge in [-0.25, -0.2) is 0 Å². The molecule has 2 fully saturated rings. The average Bonchev–Trinajstić information content (AvgIpc) is 2.90. The van der Waals surface area contributed by atoms with Crippen LogP contribution in [0.3, 0.4) is 0 Å². The molecule has 0 unspecified atom stereocenters. The molecule has 0 aromatic heterocycles. The second-order valence-electron chi connectivity index (χ2n) is 13.7. The summed E-state index contributed by atoms with van der Waals surface area (Å²) in [5.74, 6) is 0.292. The number of rotatable bonds is 9. The summed E-state index contributed by atoms with van der Waals surface area (Å²) in [7, 11) is -2.53. The molecule has 0 aliphatic carbocycles. The number of aliphatic hydroxyl groups excluding tert-OH is 1. The van der Waals surface area contributed by atoms with E-state index in [1.165, 1.54) is 15.9 Å². The SMILES string of the molecule is C/C(=C\C[C@@H]1C[C@H](O)C[C@]2(CC[C@H](C)[C@@H](C)O2)O1)C[C@@H](C)CO[Si](c1ccccc1)(c1ccccc1)C(C)(C)C. The van der Waals surface area contributed by atoms with E-state index in [0.29, 0.717) is 31.3 Å². The van der Waals surface area contributed by atoms with E-state index in [-0.39, 0.29) is 23.4 Å². The normalized spacial score (nSPS) is 28.9. The number of benzene rings is 2. The summed E-state index contributed by atoms with van der Waals surface area (Å²) >= 11 is 0. The molecule has 4 rings (SSSR count). The van der Waals surface area contributed by atoms with Crippen LogP contribution in [0.15, 0.2) is 72.3 Å². The summed E-state index contributed by atoms with van der Waals surface area (Å²) in [5, 5.41) is 13.3. The average molecular weight is 565 g/mol. The molecule has 2 aliphatic rings. The fourth-order valence-electron chi connectivity index (χ4n) is 6.78. The van der Waals surface area contributed by atoms with Crippen LogP contribution in [0.5, 0.6) is 0 Å². The molecule has 0 amide bonds. The number of allylic oxidation sites excluding steroid dienone is 1. The van der Waals surface area contributed by atoms with E-state index in [0.717, 1.165) is 25.7 Å². The second kappa shape index (κ2) is 13.0. The van der Waals surface area contributed by atoms with Crippen LogP contribution in [0.25, 0.3) is 0 Å². The predicted octanol–water partition coefficient (Wildman–Crippen LogP) is 7.00. The Bertz CT molecular complexity index is 1060. The largest absolute Gasteiger partial charge is 0.407 e. The van der Waals surface area contributed by atoms with Gasteiger partial charge >= 0.3 is 0 Å².